The van der Waals surface area contributed by atoms with Gasteiger partial charge in [0.25, 0.3) is 0 Å². The molecule has 0 N–H and O–H groups in total. The van der Waals surface area contributed by atoms with E-state index in [4.69, 9.17) is 14.2 Å². The second-order valence-electron chi connectivity index (χ2n) is 17.8. The normalized spacial score (nSPS) is 12.8. The third-order valence-electron chi connectivity index (χ3n) is 11.4. The summed E-state index contributed by atoms with van der Waals surface area (Å²) in [5, 5.41) is 0. The van der Waals surface area contributed by atoms with Crippen LogP contribution in [0.5, 0.6) is 0 Å². The molecule has 0 aromatic heterocycles. The highest BCUT2D eigenvalue weighted by molar-refractivity contribution is 5.71. The Kier molecular flexibility index (Phi) is 50.9. The standard InChI is InChI=1S/C60H100O6/c1-4-7-10-13-16-19-22-24-26-28-30-32-34-36-38-41-44-47-50-53-59(62)65-56-57(55-64-58(61)52-49-46-43-40-21-18-15-12-9-6-3)66-60(63)54-51-48-45-42-39-37-35-33-31-29-27-25-23-20-17-14-11-8-5-2/h7,10,16-17,19-20,23-26,30,32,36,38,44,47,57H,4-6,8-9,11-15,18,21-22,27-29,31,33-35,37,39-43,45-46,48-56H2,1-3H3/b10-7-,19-16-,20-17-,25-23-,26-24-,32-30-,38-36-,47-44-. The fourth-order valence-electron chi connectivity index (χ4n) is 7.28. The minimum absolute atomic E-state index is 0.101. The first-order valence-electron chi connectivity index (χ1n) is 27.3. The molecule has 66 heavy (non-hydrogen) atoms. The van der Waals surface area contributed by atoms with Crippen LogP contribution in [-0.4, -0.2) is 37.2 Å². The summed E-state index contributed by atoms with van der Waals surface area (Å²) in [7, 11) is 0. The fourth-order valence-corrected chi connectivity index (χ4v) is 7.28. The van der Waals surface area contributed by atoms with Crippen LogP contribution in [0, 0.1) is 0 Å². The molecule has 6 nitrogen and oxygen atoms in total. The molecule has 0 spiro atoms. The van der Waals surface area contributed by atoms with Gasteiger partial charge in [0.1, 0.15) is 13.2 Å². The van der Waals surface area contributed by atoms with Crippen LogP contribution < -0.4 is 0 Å². The Bertz CT molecular complexity index is 1330. The van der Waals surface area contributed by atoms with Crippen molar-refractivity contribution < 1.29 is 28.6 Å². The van der Waals surface area contributed by atoms with Crippen LogP contribution >= 0.6 is 0 Å². The molecular formula is C60H100O6. The number of hydrogen-bond acceptors (Lipinski definition) is 6. The van der Waals surface area contributed by atoms with E-state index >= 15 is 0 Å². The van der Waals surface area contributed by atoms with E-state index in [0.29, 0.717) is 19.3 Å². The van der Waals surface area contributed by atoms with Gasteiger partial charge in [0.05, 0.1) is 0 Å². The number of rotatable bonds is 48. The van der Waals surface area contributed by atoms with Crippen molar-refractivity contribution in [2.24, 2.45) is 0 Å². The second-order valence-corrected chi connectivity index (χ2v) is 17.8. The van der Waals surface area contributed by atoms with E-state index in [0.717, 1.165) is 77.0 Å². The largest absolute Gasteiger partial charge is 0.462 e. The minimum Gasteiger partial charge on any atom is -0.462 e. The number of allylic oxidation sites excluding steroid dienone is 16. The van der Waals surface area contributed by atoms with Crippen LogP contribution in [-0.2, 0) is 28.6 Å². The molecule has 376 valence electrons. The van der Waals surface area contributed by atoms with Gasteiger partial charge in [0, 0.05) is 19.3 Å². The highest BCUT2D eigenvalue weighted by Gasteiger charge is 2.19. The number of ether oxygens (including phenoxy) is 3. The second kappa shape index (κ2) is 53.9. The van der Waals surface area contributed by atoms with Crippen LogP contribution in [0.3, 0.4) is 0 Å². The Labute approximate surface area is 407 Å². The molecule has 0 heterocycles. The Hall–Kier alpha value is -3.67. The van der Waals surface area contributed by atoms with Crippen LogP contribution in [0.2, 0.25) is 0 Å². The summed E-state index contributed by atoms with van der Waals surface area (Å²) in [6.07, 6.45) is 71.2. The first kappa shape index (κ1) is 62.3. The molecule has 0 aliphatic rings. The third kappa shape index (κ3) is 51.3. The topological polar surface area (TPSA) is 78.9 Å². The van der Waals surface area contributed by atoms with Crippen molar-refractivity contribution in [3.05, 3.63) is 97.2 Å². The van der Waals surface area contributed by atoms with Gasteiger partial charge in [-0.05, 0) is 83.5 Å². The van der Waals surface area contributed by atoms with Crippen LogP contribution in [0.15, 0.2) is 97.2 Å². The van der Waals surface area contributed by atoms with Gasteiger partial charge in [-0.1, -0.05) is 240 Å². The first-order chi connectivity index (χ1) is 32.5. The number of unbranched alkanes of at least 4 members (excludes halogenated alkanes) is 22. The minimum atomic E-state index is -0.808. The Morgan fingerprint density at radius 1 is 0.333 bits per heavy atom. The van der Waals surface area contributed by atoms with Gasteiger partial charge in [0.15, 0.2) is 6.10 Å². The number of esters is 3. The van der Waals surface area contributed by atoms with E-state index in [1.54, 1.807) is 0 Å². The zero-order chi connectivity index (χ0) is 47.9. The average Bonchev–Trinajstić information content (AvgIpc) is 3.31. The van der Waals surface area contributed by atoms with E-state index in [2.05, 4.69) is 112 Å². The molecule has 1 atom stereocenters. The van der Waals surface area contributed by atoms with E-state index in [9.17, 15) is 14.4 Å². The maximum absolute atomic E-state index is 12.8. The number of hydrogen-bond donors (Lipinski definition) is 0. The van der Waals surface area contributed by atoms with Gasteiger partial charge >= 0.3 is 17.9 Å². The molecule has 6 heteroatoms. The summed E-state index contributed by atoms with van der Waals surface area (Å²) in [6.45, 7) is 6.42. The van der Waals surface area contributed by atoms with E-state index in [1.165, 1.54) is 122 Å². The van der Waals surface area contributed by atoms with Crippen LogP contribution in [0.4, 0.5) is 0 Å². The van der Waals surface area contributed by atoms with Gasteiger partial charge in [-0.2, -0.15) is 0 Å². The molecule has 0 aliphatic heterocycles. The van der Waals surface area contributed by atoms with Crippen molar-refractivity contribution in [2.75, 3.05) is 13.2 Å². The van der Waals surface area contributed by atoms with Crippen molar-refractivity contribution in [3.8, 4) is 0 Å². The van der Waals surface area contributed by atoms with Crippen LogP contribution in [0.1, 0.15) is 245 Å². The highest BCUT2D eigenvalue weighted by atomic mass is 16.6. The molecule has 0 aromatic rings. The van der Waals surface area contributed by atoms with Crippen LogP contribution in [0.25, 0.3) is 0 Å². The Morgan fingerprint density at radius 2 is 0.667 bits per heavy atom. The molecule has 0 saturated heterocycles. The molecule has 1 unspecified atom stereocenters. The molecule has 0 amide bonds. The van der Waals surface area contributed by atoms with Gasteiger partial charge in [0.2, 0.25) is 0 Å². The van der Waals surface area contributed by atoms with Crippen molar-refractivity contribution >= 4 is 17.9 Å². The van der Waals surface area contributed by atoms with Crippen molar-refractivity contribution in [3.63, 3.8) is 0 Å². The molecular weight excluding hydrogens is 817 g/mol. The summed E-state index contributed by atoms with van der Waals surface area (Å²) in [5.41, 5.74) is 0. The highest BCUT2D eigenvalue weighted by Crippen LogP contribution is 2.15. The van der Waals surface area contributed by atoms with Gasteiger partial charge in [-0.15, -0.1) is 0 Å². The summed E-state index contributed by atoms with van der Waals surface area (Å²) >= 11 is 0. The van der Waals surface area contributed by atoms with E-state index in [-0.39, 0.29) is 37.5 Å². The SMILES string of the molecule is CC/C=C\C/C=C\C/C=C\C/C=C\C/C=C\C/C=C\CCC(=O)OCC(COC(=O)CCCCCCCCCCCC)OC(=O)CCCCCCCCCCCC/C=C\C=C/CCCCC. The number of carbonyl (C=O) groups is 3. The Balaban J connectivity index is 4.45. The van der Waals surface area contributed by atoms with Crippen molar-refractivity contribution in [1.82, 2.24) is 0 Å². The van der Waals surface area contributed by atoms with E-state index in [1.807, 2.05) is 6.08 Å². The maximum Gasteiger partial charge on any atom is 0.306 e. The smallest absolute Gasteiger partial charge is 0.306 e. The average molecular weight is 917 g/mol. The lowest BCUT2D eigenvalue weighted by molar-refractivity contribution is -0.166. The zero-order valence-corrected chi connectivity index (χ0v) is 42.9. The molecule has 0 aliphatic carbocycles. The lowest BCUT2D eigenvalue weighted by atomic mass is 10.1. The van der Waals surface area contributed by atoms with Gasteiger partial charge in [-0.3, -0.25) is 14.4 Å². The summed E-state index contributed by atoms with van der Waals surface area (Å²) in [4.78, 5) is 38.0. The predicted molar refractivity (Wildman–Crippen MR) is 284 cm³/mol. The predicted octanol–water partition coefficient (Wildman–Crippen LogP) is 18.1. The molecule has 0 radical (unpaired) electrons. The first-order valence-corrected chi connectivity index (χ1v) is 27.3. The zero-order valence-electron chi connectivity index (χ0n) is 42.9. The summed E-state index contributed by atoms with van der Waals surface area (Å²) in [6, 6.07) is 0. The van der Waals surface area contributed by atoms with E-state index < -0.39 is 6.10 Å². The number of carbonyl (C=O) groups excluding carboxylic acids is 3. The molecule has 0 fully saturated rings. The fraction of sp³-hybridized carbons (Fsp3) is 0.683. The van der Waals surface area contributed by atoms with Crippen molar-refractivity contribution in [2.45, 2.75) is 252 Å². The summed E-state index contributed by atoms with van der Waals surface area (Å²) in [5.74, 6) is -0.994. The molecule has 0 rings (SSSR count). The lowest BCUT2D eigenvalue weighted by Gasteiger charge is -2.18. The molecule has 0 bridgehead atoms. The van der Waals surface area contributed by atoms with Gasteiger partial charge in [-0.25, -0.2) is 0 Å². The quantitative estimate of drug-likeness (QED) is 0.0199. The maximum atomic E-state index is 12.8. The lowest BCUT2D eigenvalue weighted by Crippen LogP contribution is -2.30. The molecule has 0 aromatic carbocycles. The van der Waals surface area contributed by atoms with Crippen molar-refractivity contribution in [1.29, 1.82) is 0 Å². The third-order valence-corrected chi connectivity index (χ3v) is 11.4. The monoisotopic (exact) mass is 917 g/mol. The summed E-state index contributed by atoms with van der Waals surface area (Å²) < 4.78 is 16.7. The molecule has 0 saturated carbocycles. The van der Waals surface area contributed by atoms with Gasteiger partial charge < -0.3 is 14.2 Å². The Morgan fingerprint density at radius 3 is 1.11 bits per heavy atom.